The van der Waals surface area contributed by atoms with Crippen molar-refractivity contribution >= 4 is 17.7 Å². The third-order valence-corrected chi connectivity index (χ3v) is 3.32. The van der Waals surface area contributed by atoms with E-state index in [1.54, 1.807) is 45.0 Å². The van der Waals surface area contributed by atoms with Crippen LogP contribution in [0.25, 0.3) is 0 Å². The van der Waals surface area contributed by atoms with Crippen molar-refractivity contribution in [3.8, 4) is 5.75 Å². The van der Waals surface area contributed by atoms with Crippen LogP contribution in [0.4, 0.5) is 0 Å². The van der Waals surface area contributed by atoms with Crippen molar-refractivity contribution < 1.29 is 24.2 Å². The van der Waals surface area contributed by atoms with Crippen LogP contribution in [-0.4, -0.2) is 34.9 Å². The van der Waals surface area contributed by atoms with Gasteiger partial charge in [0.15, 0.2) is 11.9 Å². The Morgan fingerprint density at radius 3 is 2.30 bits per heavy atom. The van der Waals surface area contributed by atoms with Gasteiger partial charge in [-0.1, -0.05) is 32.9 Å². The third-order valence-electron chi connectivity index (χ3n) is 3.32. The van der Waals surface area contributed by atoms with Crippen molar-refractivity contribution in [2.24, 2.45) is 5.41 Å². The Labute approximate surface area is 135 Å². The summed E-state index contributed by atoms with van der Waals surface area (Å²) in [4.78, 5) is 34.8. The number of nitrogens with one attached hydrogen (secondary N) is 1. The van der Waals surface area contributed by atoms with Gasteiger partial charge in [-0.25, -0.2) is 4.79 Å². The lowest BCUT2D eigenvalue weighted by atomic mass is 9.86. The molecule has 1 aromatic rings. The van der Waals surface area contributed by atoms with E-state index in [-0.39, 0.29) is 5.78 Å². The normalized spacial score (nSPS) is 13.8. The van der Waals surface area contributed by atoms with E-state index < -0.39 is 29.4 Å². The van der Waals surface area contributed by atoms with E-state index in [1.165, 1.54) is 13.8 Å². The van der Waals surface area contributed by atoms with Crippen molar-refractivity contribution in [3.05, 3.63) is 29.8 Å². The van der Waals surface area contributed by atoms with E-state index in [4.69, 9.17) is 4.74 Å². The van der Waals surface area contributed by atoms with Crippen LogP contribution < -0.4 is 10.1 Å². The van der Waals surface area contributed by atoms with E-state index in [0.717, 1.165) is 0 Å². The van der Waals surface area contributed by atoms with Gasteiger partial charge in [-0.3, -0.25) is 9.59 Å². The summed E-state index contributed by atoms with van der Waals surface area (Å²) >= 11 is 0. The van der Waals surface area contributed by atoms with Crippen LogP contribution in [0.5, 0.6) is 5.75 Å². The molecule has 0 spiro atoms. The molecule has 1 aromatic carbocycles. The van der Waals surface area contributed by atoms with Crippen molar-refractivity contribution in [1.82, 2.24) is 5.32 Å². The van der Waals surface area contributed by atoms with Crippen LogP contribution in [0.15, 0.2) is 24.3 Å². The number of benzene rings is 1. The number of ketones is 1. The monoisotopic (exact) mass is 321 g/mol. The Morgan fingerprint density at radius 2 is 1.83 bits per heavy atom. The Kier molecular flexibility index (Phi) is 5.90. The molecule has 0 aliphatic rings. The minimum Gasteiger partial charge on any atom is -0.481 e. The van der Waals surface area contributed by atoms with E-state index >= 15 is 0 Å². The number of carboxylic acid groups (broad SMARTS) is 1. The highest BCUT2D eigenvalue weighted by atomic mass is 16.5. The topological polar surface area (TPSA) is 92.7 Å². The van der Waals surface area contributed by atoms with Gasteiger partial charge in [0, 0.05) is 5.56 Å². The molecule has 0 radical (unpaired) electrons. The predicted octanol–water partition coefficient (Wildman–Crippen LogP) is 2.27. The fraction of sp³-hybridized carbons (Fsp3) is 0.471. The number of aliphatic carboxylic acids is 1. The summed E-state index contributed by atoms with van der Waals surface area (Å²) in [6, 6.07) is 5.47. The van der Waals surface area contributed by atoms with Crippen LogP contribution in [0, 0.1) is 5.41 Å². The molecule has 1 amide bonds. The molecule has 1 rings (SSSR count). The number of Topliss-reactive ketones (excluding diaryl/α,β-unsaturated/α-hetero) is 1. The summed E-state index contributed by atoms with van der Waals surface area (Å²) in [7, 11) is 0. The number of carbonyl (C=O) groups is 3. The number of carboxylic acids is 1. The number of ether oxygens (including phenoxy) is 1. The first kappa shape index (κ1) is 18.7. The second kappa shape index (κ2) is 7.26. The Bertz CT molecular complexity index is 603. The van der Waals surface area contributed by atoms with Crippen molar-refractivity contribution in [1.29, 1.82) is 0 Å². The summed E-state index contributed by atoms with van der Waals surface area (Å²) < 4.78 is 5.50. The van der Waals surface area contributed by atoms with Crippen molar-refractivity contribution in [2.75, 3.05) is 0 Å². The fourth-order valence-electron chi connectivity index (χ4n) is 1.95. The van der Waals surface area contributed by atoms with Crippen LogP contribution in [0.2, 0.25) is 0 Å². The van der Waals surface area contributed by atoms with Crippen LogP contribution >= 0.6 is 0 Å². The molecule has 0 aromatic heterocycles. The molecule has 0 saturated carbocycles. The van der Waals surface area contributed by atoms with E-state index in [2.05, 4.69) is 5.32 Å². The zero-order valence-electron chi connectivity index (χ0n) is 14.0. The molecular weight excluding hydrogens is 298 g/mol. The van der Waals surface area contributed by atoms with Crippen LogP contribution in [0.3, 0.4) is 0 Å². The molecule has 0 aliphatic heterocycles. The van der Waals surface area contributed by atoms with Gasteiger partial charge in [0.25, 0.3) is 5.91 Å². The van der Waals surface area contributed by atoms with Crippen molar-refractivity contribution in [3.63, 3.8) is 0 Å². The fourth-order valence-corrected chi connectivity index (χ4v) is 1.95. The zero-order chi connectivity index (χ0) is 17.8. The molecule has 0 bridgehead atoms. The molecule has 23 heavy (non-hydrogen) atoms. The maximum atomic E-state index is 12.2. The molecular formula is C17H23NO5. The standard InChI is InChI=1S/C17H23NO5/c1-10(19)12-7-6-8-13(9-12)23-11(2)15(20)18-14(16(21)22)17(3,4)5/h6-9,11,14H,1-5H3,(H,18,20)(H,21,22)/t11-,14-/m0/s1. The summed E-state index contributed by atoms with van der Waals surface area (Å²) in [5.74, 6) is -1.36. The van der Waals surface area contributed by atoms with Gasteiger partial charge in [0.05, 0.1) is 0 Å². The van der Waals surface area contributed by atoms with Gasteiger partial charge >= 0.3 is 5.97 Å². The molecule has 0 saturated heterocycles. The van der Waals surface area contributed by atoms with Gasteiger partial charge in [-0.05, 0) is 31.4 Å². The second-order valence-electron chi connectivity index (χ2n) is 6.49. The van der Waals surface area contributed by atoms with E-state index in [9.17, 15) is 19.5 Å². The molecule has 6 heteroatoms. The minimum atomic E-state index is -1.10. The molecule has 2 N–H and O–H groups in total. The largest absolute Gasteiger partial charge is 0.481 e. The summed E-state index contributed by atoms with van der Waals surface area (Å²) in [5.41, 5.74) is -0.149. The van der Waals surface area contributed by atoms with Crippen LogP contribution in [-0.2, 0) is 9.59 Å². The SMILES string of the molecule is CC(=O)c1cccc(O[C@@H](C)C(=O)N[C@@H](C(=O)O)C(C)(C)C)c1. The van der Waals surface area contributed by atoms with Gasteiger partial charge < -0.3 is 15.2 Å². The van der Waals surface area contributed by atoms with Gasteiger partial charge in [-0.15, -0.1) is 0 Å². The average molecular weight is 321 g/mol. The number of amides is 1. The second-order valence-corrected chi connectivity index (χ2v) is 6.49. The van der Waals surface area contributed by atoms with Gasteiger partial charge in [0.1, 0.15) is 11.8 Å². The van der Waals surface area contributed by atoms with Gasteiger partial charge in [-0.2, -0.15) is 0 Å². The highest BCUT2D eigenvalue weighted by Crippen LogP contribution is 2.20. The Balaban J connectivity index is 2.79. The molecule has 2 atom stereocenters. The van der Waals surface area contributed by atoms with E-state index in [0.29, 0.717) is 11.3 Å². The number of rotatable bonds is 6. The number of carbonyl (C=O) groups excluding carboxylic acids is 2. The molecule has 6 nitrogen and oxygen atoms in total. The van der Waals surface area contributed by atoms with Crippen molar-refractivity contribution in [2.45, 2.75) is 46.8 Å². The lowest BCUT2D eigenvalue weighted by molar-refractivity contribution is -0.146. The minimum absolute atomic E-state index is 0.105. The lowest BCUT2D eigenvalue weighted by Crippen LogP contribution is -2.52. The molecule has 0 aliphatic carbocycles. The quantitative estimate of drug-likeness (QED) is 0.784. The maximum Gasteiger partial charge on any atom is 0.326 e. The third kappa shape index (κ3) is 5.39. The first-order chi connectivity index (χ1) is 10.5. The highest BCUT2D eigenvalue weighted by molar-refractivity contribution is 5.94. The number of hydrogen-bond acceptors (Lipinski definition) is 4. The zero-order valence-corrected chi connectivity index (χ0v) is 14.0. The van der Waals surface area contributed by atoms with Gasteiger partial charge in [0.2, 0.25) is 0 Å². The molecule has 0 unspecified atom stereocenters. The molecule has 126 valence electrons. The Morgan fingerprint density at radius 1 is 1.22 bits per heavy atom. The summed E-state index contributed by atoms with van der Waals surface area (Å²) in [6.07, 6.45) is -0.888. The Hall–Kier alpha value is -2.37. The maximum absolute atomic E-state index is 12.2. The lowest BCUT2D eigenvalue weighted by Gasteiger charge is -2.28. The highest BCUT2D eigenvalue weighted by Gasteiger charge is 2.34. The summed E-state index contributed by atoms with van der Waals surface area (Å²) in [5, 5.41) is 11.7. The first-order valence-corrected chi connectivity index (χ1v) is 7.33. The molecule has 0 fully saturated rings. The average Bonchev–Trinajstić information content (AvgIpc) is 2.42. The predicted molar refractivity (Wildman–Crippen MR) is 85.6 cm³/mol. The van der Waals surface area contributed by atoms with Crippen LogP contribution in [0.1, 0.15) is 45.0 Å². The summed E-state index contributed by atoms with van der Waals surface area (Å²) in [6.45, 7) is 8.16. The smallest absolute Gasteiger partial charge is 0.326 e. The first-order valence-electron chi connectivity index (χ1n) is 7.33. The molecule has 0 heterocycles. The number of hydrogen-bond donors (Lipinski definition) is 2. The van der Waals surface area contributed by atoms with E-state index in [1.807, 2.05) is 0 Å².